The molecule has 0 bridgehead atoms. The van der Waals surface area contributed by atoms with Gasteiger partial charge in [0.2, 0.25) is 0 Å². The average Bonchev–Trinajstić information content (AvgIpc) is 2.28. The molecule has 0 aromatic rings. The van der Waals surface area contributed by atoms with Crippen LogP contribution in [0, 0.1) is 0 Å². The van der Waals surface area contributed by atoms with Crippen molar-refractivity contribution in [2.75, 3.05) is 44.7 Å². The Kier molecular flexibility index (Phi) is 4.98. The molecule has 1 unspecified atom stereocenters. The zero-order chi connectivity index (χ0) is 11.3. The fourth-order valence-electron chi connectivity index (χ4n) is 1.77. The van der Waals surface area contributed by atoms with Gasteiger partial charge in [-0.2, -0.15) is 0 Å². The monoisotopic (exact) mass is 236 g/mol. The van der Waals surface area contributed by atoms with Crippen molar-refractivity contribution in [1.82, 2.24) is 10.2 Å². The molecule has 2 N–H and O–H groups in total. The average molecular weight is 236 g/mol. The van der Waals surface area contributed by atoms with Crippen LogP contribution in [0.3, 0.4) is 0 Å². The molecule has 0 radical (unpaired) electrons. The molecule has 0 saturated carbocycles. The van der Waals surface area contributed by atoms with E-state index in [9.17, 15) is 13.5 Å². The summed E-state index contributed by atoms with van der Waals surface area (Å²) in [7, 11) is -1.05. The molecular formula is C9H20N2O3S. The summed E-state index contributed by atoms with van der Waals surface area (Å²) in [6, 6.07) is 0. The summed E-state index contributed by atoms with van der Waals surface area (Å²) in [6.45, 7) is 2.41. The summed E-state index contributed by atoms with van der Waals surface area (Å²) in [6.07, 6.45) is 0.255. The van der Waals surface area contributed by atoms with Crippen LogP contribution in [0.5, 0.6) is 0 Å². The number of aliphatic hydroxyl groups excluding tert-OH is 1. The van der Waals surface area contributed by atoms with Crippen molar-refractivity contribution < 1.29 is 13.5 Å². The van der Waals surface area contributed by atoms with Crippen molar-refractivity contribution in [3.63, 3.8) is 0 Å². The van der Waals surface area contributed by atoms with Crippen molar-refractivity contribution >= 4 is 9.84 Å². The number of rotatable bonds is 4. The Labute approximate surface area is 91.4 Å². The Morgan fingerprint density at radius 1 is 1.40 bits per heavy atom. The van der Waals surface area contributed by atoms with Crippen molar-refractivity contribution in [1.29, 1.82) is 0 Å². The third-order valence-electron chi connectivity index (χ3n) is 2.56. The molecule has 5 nitrogen and oxygen atoms in total. The van der Waals surface area contributed by atoms with E-state index >= 15 is 0 Å². The van der Waals surface area contributed by atoms with Gasteiger partial charge in [0.05, 0.1) is 17.6 Å². The van der Waals surface area contributed by atoms with Gasteiger partial charge >= 0.3 is 0 Å². The number of hydrogen-bond acceptors (Lipinski definition) is 5. The third-order valence-corrected chi connectivity index (χ3v) is 4.27. The van der Waals surface area contributed by atoms with Crippen molar-refractivity contribution in [2.24, 2.45) is 0 Å². The van der Waals surface area contributed by atoms with Crippen molar-refractivity contribution in [3.05, 3.63) is 0 Å². The molecule has 90 valence electrons. The molecule has 0 aromatic heterocycles. The second-order valence-electron chi connectivity index (χ2n) is 4.02. The van der Waals surface area contributed by atoms with Crippen LogP contribution in [0.1, 0.15) is 6.42 Å². The number of β-amino-alcohol motifs (C(OH)–C–C–N with tert-alkyl or cyclic N) is 1. The van der Waals surface area contributed by atoms with E-state index in [1.807, 2.05) is 4.90 Å². The van der Waals surface area contributed by atoms with E-state index in [4.69, 9.17) is 0 Å². The molecule has 0 amide bonds. The molecule has 1 atom stereocenters. The molecule has 0 spiro atoms. The largest absolute Gasteiger partial charge is 0.390 e. The summed E-state index contributed by atoms with van der Waals surface area (Å²) >= 11 is 0. The van der Waals surface area contributed by atoms with Crippen LogP contribution in [-0.2, 0) is 9.84 Å². The smallest absolute Gasteiger partial charge is 0.151 e. The van der Waals surface area contributed by atoms with E-state index < -0.39 is 15.9 Å². The van der Waals surface area contributed by atoms with Crippen LogP contribution in [0.15, 0.2) is 0 Å². The summed E-state index contributed by atoms with van der Waals surface area (Å²) in [5.74, 6) is 0.505. The van der Waals surface area contributed by atoms with Gasteiger partial charge in [-0.05, 0) is 20.0 Å². The minimum absolute atomic E-state index is 0.222. The second-order valence-corrected chi connectivity index (χ2v) is 6.32. The number of hydrogen-bond donors (Lipinski definition) is 2. The SMILES string of the molecule is CNCC(O)CN1CCCS(=O)(=O)CC1. The van der Waals surface area contributed by atoms with Crippen molar-refractivity contribution in [3.8, 4) is 0 Å². The van der Waals surface area contributed by atoms with Crippen molar-refractivity contribution in [2.45, 2.75) is 12.5 Å². The van der Waals surface area contributed by atoms with E-state index in [1.54, 1.807) is 7.05 Å². The highest BCUT2D eigenvalue weighted by Crippen LogP contribution is 2.05. The van der Waals surface area contributed by atoms with Crippen LogP contribution in [-0.4, -0.2) is 69.3 Å². The Bertz CT molecular complexity index is 279. The van der Waals surface area contributed by atoms with E-state index in [0.29, 0.717) is 26.1 Å². The molecule has 1 rings (SSSR count). The highest BCUT2D eigenvalue weighted by molar-refractivity contribution is 7.91. The van der Waals surface area contributed by atoms with Gasteiger partial charge in [-0.25, -0.2) is 8.42 Å². The molecular weight excluding hydrogens is 216 g/mol. The summed E-state index contributed by atoms with van der Waals surface area (Å²) in [5, 5.41) is 12.5. The number of nitrogens with zero attached hydrogens (tertiary/aromatic N) is 1. The highest BCUT2D eigenvalue weighted by atomic mass is 32.2. The normalized spacial score (nSPS) is 24.7. The molecule has 1 heterocycles. The van der Waals surface area contributed by atoms with Crippen LogP contribution in [0.25, 0.3) is 0 Å². The number of sulfone groups is 1. The van der Waals surface area contributed by atoms with E-state index in [1.165, 1.54) is 0 Å². The van der Waals surface area contributed by atoms with Crippen LogP contribution < -0.4 is 5.32 Å². The zero-order valence-corrected chi connectivity index (χ0v) is 9.96. The molecule has 0 aliphatic carbocycles. The first-order chi connectivity index (χ1) is 7.03. The predicted octanol–water partition coefficient (Wildman–Crippen LogP) is -1.31. The van der Waals surface area contributed by atoms with Gasteiger partial charge in [0, 0.05) is 19.6 Å². The maximum atomic E-state index is 11.3. The third kappa shape index (κ3) is 4.92. The lowest BCUT2D eigenvalue weighted by Gasteiger charge is -2.22. The first kappa shape index (κ1) is 12.9. The first-order valence-electron chi connectivity index (χ1n) is 5.29. The maximum absolute atomic E-state index is 11.3. The van der Waals surface area contributed by atoms with E-state index in [0.717, 1.165) is 6.54 Å². The molecule has 6 heteroatoms. The summed E-state index contributed by atoms with van der Waals surface area (Å²) in [4.78, 5) is 2.02. The summed E-state index contributed by atoms with van der Waals surface area (Å²) < 4.78 is 22.7. The number of nitrogens with one attached hydrogen (secondary N) is 1. The van der Waals surface area contributed by atoms with Crippen LogP contribution >= 0.6 is 0 Å². The predicted molar refractivity (Wildman–Crippen MR) is 59.6 cm³/mol. The molecule has 15 heavy (non-hydrogen) atoms. The van der Waals surface area contributed by atoms with Crippen LogP contribution in [0.4, 0.5) is 0 Å². The molecule has 1 aliphatic heterocycles. The van der Waals surface area contributed by atoms with Gasteiger partial charge in [-0.3, -0.25) is 4.90 Å². The first-order valence-corrected chi connectivity index (χ1v) is 7.11. The van der Waals surface area contributed by atoms with E-state index in [-0.39, 0.29) is 11.5 Å². The number of likely N-dealkylation sites (N-methyl/N-ethyl adjacent to an activating group) is 1. The van der Waals surface area contributed by atoms with Gasteiger partial charge in [0.25, 0.3) is 0 Å². The topological polar surface area (TPSA) is 69.6 Å². The Hall–Kier alpha value is -0.170. The quantitative estimate of drug-likeness (QED) is 0.634. The second kappa shape index (κ2) is 5.79. The fraction of sp³-hybridized carbons (Fsp3) is 1.00. The Balaban J connectivity index is 2.38. The Morgan fingerprint density at radius 2 is 2.13 bits per heavy atom. The lowest BCUT2D eigenvalue weighted by molar-refractivity contribution is 0.117. The minimum Gasteiger partial charge on any atom is -0.390 e. The lowest BCUT2D eigenvalue weighted by atomic mass is 10.3. The van der Waals surface area contributed by atoms with Gasteiger partial charge in [0.15, 0.2) is 9.84 Å². The highest BCUT2D eigenvalue weighted by Gasteiger charge is 2.20. The molecule has 1 saturated heterocycles. The maximum Gasteiger partial charge on any atom is 0.151 e. The van der Waals surface area contributed by atoms with Gasteiger partial charge < -0.3 is 10.4 Å². The number of aliphatic hydroxyl groups is 1. The van der Waals surface area contributed by atoms with E-state index in [2.05, 4.69) is 5.32 Å². The van der Waals surface area contributed by atoms with Gasteiger partial charge in [-0.15, -0.1) is 0 Å². The zero-order valence-electron chi connectivity index (χ0n) is 9.15. The lowest BCUT2D eigenvalue weighted by Crippen LogP contribution is -2.38. The van der Waals surface area contributed by atoms with Gasteiger partial charge in [0.1, 0.15) is 0 Å². The standard InChI is InChI=1S/C9H20N2O3S/c1-10-7-9(12)8-11-3-2-5-15(13,14)6-4-11/h9-10,12H,2-8H2,1H3. The fourth-order valence-corrected chi connectivity index (χ4v) is 3.08. The molecule has 0 aromatic carbocycles. The van der Waals surface area contributed by atoms with Gasteiger partial charge in [-0.1, -0.05) is 0 Å². The molecule has 1 fully saturated rings. The Morgan fingerprint density at radius 3 is 2.80 bits per heavy atom. The van der Waals surface area contributed by atoms with Crippen LogP contribution in [0.2, 0.25) is 0 Å². The minimum atomic E-state index is -2.84. The summed E-state index contributed by atoms with van der Waals surface area (Å²) in [5.41, 5.74) is 0. The molecule has 1 aliphatic rings.